The summed E-state index contributed by atoms with van der Waals surface area (Å²) in [7, 11) is 2.18. The number of rotatable bonds is 4. The highest BCUT2D eigenvalue weighted by Gasteiger charge is 2.16. The maximum Gasteiger partial charge on any atom is 0.166 e. The molecular weight excluding hydrogens is 246 g/mol. The topological polar surface area (TPSA) is 40.4 Å². The second kappa shape index (κ2) is 6.75. The van der Waals surface area contributed by atoms with E-state index in [9.17, 15) is 0 Å². The van der Waals surface area contributed by atoms with Crippen molar-refractivity contribution in [2.24, 2.45) is 5.92 Å². The normalized spacial score (nSPS) is 20.6. The van der Waals surface area contributed by atoms with E-state index >= 15 is 0 Å². The van der Waals surface area contributed by atoms with Crippen LogP contribution in [0.25, 0.3) is 0 Å². The third-order valence-corrected chi connectivity index (χ3v) is 3.57. The Morgan fingerprint density at radius 1 is 1.56 bits per heavy atom. The van der Waals surface area contributed by atoms with Gasteiger partial charge in [0.25, 0.3) is 0 Å². The van der Waals surface area contributed by atoms with Crippen molar-refractivity contribution in [2.75, 3.05) is 26.7 Å². The molecule has 0 unspecified atom stereocenters. The molecule has 18 heavy (non-hydrogen) atoms. The molecule has 1 aliphatic rings. The molecular formula is C13H21N3OS. The maximum atomic E-state index is 5.25. The lowest BCUT2D eigenvalue weighted by Gasteiger charge is -2.30. The van der Waals surface area contributed by atoms with Gasteiger partial charge in [-0.3, -0.25) is 0 Å². The first-order valence-electron chi connectivity index (χ1n) is 6.46. The van der Waals surface area contributed by atoms with E-state index in [0.717, 1.165) is 18.8 Å². The van der Waals surface area contributed by atoms with Gasteiger partial charge in [-0.05, 0) is 56.7 Å². The van der Waals surface area contributed by atoms with Gasteiger partial charge in [0.15, 0.2) is 5.11 Å². The highest BCUT2D eigenvalue weighted by molar-refractivity contribution is 7.80. The monoisotopic (exact) mass is 267 g/mol. The Bertz CT molecular complexity index is 366. The molecule has 2 rings (SSSR count). The largest absolute Gasteiger partial charge is 0.467 e. The van der Waals surface area contributed by atoms with Crippen molar-refractivity contribution < 1.29 is 4.42 Å². The van der Waals surface area contributed by atoms with Gasteiger partial charge in [0.05, 0.1) is 12.8 Å². The van der Waals surface area contributed by atoms with Crippen LogP contribution in [-0.4, -0.2) is 36.7 Å². The van der Waals surface area contributed by atoms with Crippen LogP contribution in [0.4, 0.5) is 0 Å². The SMILES string of the molecule is CN1CCC[C@H](CNC(=S)NCc2ccco2)C1. The van der Waals surface area contributed by atoms with Gasteiger partial charge in [-0.1, -0.05) is 0 Å². The smallest absolute Gasteiger partial charge is 0.166 e. The van der Waals surface area contributed by atoms with Crippen molar-refractivity contribution >= 4 is 17.3 Å². The number of thiocarbonyl (C=S) groups is 1. The number of piperidine rings is 1. The van der Waals surface area contributed by atoms with Crippen molar-refractivity contribution in [3.8, 4) is 0 Å². The van der Waals surface area contributed by atoms with E-state index in [0.29, 0.717) is 17.6 Å². The number of furan rings is 1. The third kappa shape index (κ3) is 4.31. The van der Waals surface area contributed by atoms with Gasteiger partial charge >= 0.3 is 0 Å². The molecule has 2 heterocycles. The summed E-state index contributed by atoms with van der Waals surface area (Å²) in [4.78, 5) is 2.38. The molecule has 0 spiro atoms. The van der Waals surface area contributed by atoms with Crippen LogP contribution >= 0.6 is 12.2 Å². The van der Waals surface area contributed by atoms with Crippen molar-refractivity contribution in [3.05, 3.63) is 24.2 Å². The minimum absolute atomic E-state index is 0.642. The minimum atomic E-state index is 0.642. The zero-order valence-corrected chi connectivity index (χ0v) is 11.6. The molecule has 2 N–H and O–H groups in total. The minimum Gasteiger partial charge on any atom is -0.467 e. The fourth-order valence-corrected chi connectivity index (χ4v) is 2.48. The maximum absolute atomic E-state index is 5.25. The first kappa shape index (κ1) is 13.4. The van der Waals surface area contributed by atoms with E-state index in [-0.39, 0.29) is 0 Å². The Labute approximate surface area is 114 Å². The Kier molecular flexibility index (Phi) is 5.01. The first-order valence-corrected chi connectivity index (χ1v) is 6.87. The van der Waals surface area contributed by atoms with Gasteiger partial charge in [-0.2, -0.15) is 0 Å². The molecule has 1 aliphatic heterocycles. The van der Waals surface area contributed by atoms with E-state index in [1.165, 1.54) is 19.4 Å². The Balaban J connectivity index is 1.62. The standard InChI is InChI=1S/C13H21N3OS/c1-16-6-2-4-11(10-16)8-14-13(18)15-9-12-5-3-7-17-12/h3,5,7,11H,2,4,6,8-10H2,1H3,(H2,14,15,18)/t11-/m1/s1. The molecule has 1 aromatic heterocycles. The lowest BCUT2D eigenvalue weighted by molar-refractivity contribution is 0.210. The summed E-state index contributed by atoms with van der Waals surface area (Å²) < 4.78 is 5.24. The van der Waals surface area contributed by atoms with Crippen LogP contribution in [-0.2, 0) is 6.54 Å². The summed E-state index contributed by atoms with van der Waals surface area (Å²) in [6, 6.07) is 3.82. The summed E-state index contributed by atoms with van der Waals surface area (Å²) >= 11 is 5.25. The van der Waals surface area contributed by atoms with Crippen molar-refractivity contribution in [3.63, 3.8) is 0 Å². The molecule has 1 atom stereocenters. The lowest BCUT2D eigenvalue weighted by atomic mass is 9.99. The quantitative estimate of drug-likeness (QED) is 0.811. The van der Waals surface area contributed by atoms with Gasteiger partial charge in [0, 0.05) is 13.1 Å². The van der Waals surface area contributed by atoms with Crippen molar-refractivity contribution in [2.45, 2.75) is 19.4 Å². The molecule has 1 aromatic rings. The molecule has 0 saturated carbocycles. The summed E-state index contributed by atoms with van der Waals surface area (Å²) in [5.41, 5.74) is 0. The fraction of sp³-hybridized carbons (Fsp3) is 0.615. The zero-order valence-electron chi connectivity index (χ0n) is 10.8. The highest BCUT2D eigenvalue weighted by atomic mass is 32.1. The summed E-state index contributed by atoms with van der Waals surface area (Å²) in [5.74, 6) is 1.60. The summed E-state index contributed by atoms with van der Waals surface area (Å²) in [6.07, 6.45) is 4.25. The predicted octanol–water partition coefficient (Wildman–Crippen LogP) is 1.59. The molecule has 0 aromatic carbocycles. The Morgan fingerprint density at radius 2 is 2.44 bits per heavy atom. The molecule has 1 saturated heterocycles. The average Bonchev–Trinajstić information content (AvgIpc) is 2.87. The predicted molar refractivity (Wildman–Crippen MR) is 76.4 cm³/mol. The second-order valence-electron chi connectivity index (χ2n) is 4.91. The molecule has 0 radical (unpaired) electrons. The second-order valence-corrected chi connectivity index (χ2v) is 5.32. The summed E-state index contributed by atoms with van der Waals surface area (Å²) in [5, 5.41) is 7.14. The molecule has 0 bridgehead atoms. The number of nitrogens with zero attached hydrogens (tertiary/aromatic N) is 1. The van der Waals surface area contributed by atoms with Gasteiger partial charge in [0.1, 0.15) is 5.76 Å². The van der Waals surface area contributed by atoms with Gasteiger partial charge in [-0.15, -0.1) is 0 Å². The van der Waals surface area contributed by atoms with Crippen molar-refractivity contribution in [1.29, 1.82) is 0 Å². The molecule has 4 nitrogen and oxygen atoms in total. The van der Waals surface area contributed by atoms with E-state index in [2.05, 4.69) is 22.6 Å². The number of hydrogen-bond donors (Lipinski definition) is 2. The van der Waals surface area contributed by atoms with Crippen LogP contribution < -0.4 is 10.6 Å². The van der Waals surface area contributed by atoms with Crippen molar-refractivity contribution in [1.82, 2.24) is 15.5 Å². The third-order valence-electron chi connectivity index (χ3n) is 3.28. The van der Waals surface area contributed by atoms with E-state index in [4.69, 9.17) is 16.6 Å². The number of nitrogens with one attached hydrogen (secondary N) is 2. The average molecular weight is 267 g/mol. The first-order chi connectivity index (χ1) is 8.74. The van der Waals surface area contributed by atoms with Crippen LogP contribution in [0.15, 0.2) is 22.8 Å². The fourth-order valence-electron chi connectivity index (χ4n) is 2.32. The molecule has 5 heteroatoms. The van der Waals surface area contributed by atoms with E-state index in [1.54, 1.807) is 6.26 Å². The van der Waals surface area contributed by atoms with E-state index < -0.39 is 0 Å². The van der Waals surface area contributed by atoms with Crippen LogP contribution in [0.1, 0.15) is 18.6 Å². The van der Waals surface area contributed by atoms with Gasteiger partial charge in [0.2, 0.25) is 0 Å². The van der Waals surface area contributed by atoms with Crippen LogP contribution in [0.3, 0.4) is 0 Å². The van der Waals surface area contributed by atoms with Crippen LogP contribution in [0, 0.1) is 5.92 Å². The van der Waals surface area contributed by atoms with Crippen LogP contribution in [0.2, 0.25) is 0 Å². The Hall–Kier alpha value is -1.07. The Morgan fingerprint density at radius 3 is 3.17 bits per heavy atom. The zero-order chi connectivity index (χ0) is 12.8. The number of hydrogen-bond acceptors (Lipinski definition) is 3. The summed E-state index contributed by atoms with van der Waals surface area (Å²) in [6.45, 7) is 3.98. The van der Waals surface area contributed by atoms with E-state index in [1.807, 2.05) is 12.1 Å². The lowest BCUT2D eigenvalue weighted by Crippen LogP contribution is -2.42. The molecule has 1 fully saturated rings. The molecule has 100 valence electrons. The molecule has 0 aliphatic carbocycles. The van der Waals surface area contributed by atoms with Crippen LogP contribution in [0.5, 0.6) is 0 Å². The number of likely N-dealkylation sites (tertiary alicyclic amines) is 1. The molecule has 0 amide bonds. The van der Waals surface area contributed by atoms with Gasteiger partial charge in [-0.25, -0.2) is 0 Å². The van der Waals surface area contributed by atoms with Gasteiger partial charge < -0.3 is 20.0 Å². The highest BCUT2D eigenvalue weighted by Crippen LogP contribution is 2.13.